The number of ether oxygens (including phenoxy) is 2. The molecule has 0 spiro atoms. The molecule has 0 saturated carbocycles. The van der Waals surface area contributed by atoms with Crippen molar-refractivity contribution in [1.82, 2.24) is 4.90 Å². The van der Waals surface area contributed by atoms with Crippen LogP contribution in [0.3, 0.4) is 0 Å². The fourth-order valence-electron chi connectivity index (χ4n) is 2.07. The SMILES string of the molecule is COc1cc(OC)cc(C(=O)N2CCC(=O)CC2)c1. The average Bonchev–Trinajstić information content (AvgIpc) is 2.46. The predicted molar refractivity (Wildman–Crippen MR) is 69.7 cm³/mol. The second-order valence-corrected chi connectivity index (χ2v) is 4.43. The van der Waals surface area contributed by atoms with Crippen LogP contribution in [0.15, 0.2) is 18.2 Å². The Labute approximate surface area is 112 Å². The Kier molecular flexibility index (Phi) is 4.04. The van der Waals surface area contributed by atoms with Crippen molar-refractivity contribution in [3.05, 3.63) is 23.8 Å². The van der Waals surface area contributed by atoms with E-state index in [2.05, 4.69) is 0 Å². The van der Waals surface area contributed by atoms with Crippen molar-refractivity contribution in [1.29, 1.82) is 0 Å². The number of carbonyl (C=O) groups excluding carboxylic acids is 2. The number of rotatable bonds is 3. The van der Waals surface area contributed by atoms with Crippen molar-refractivity contribution in [2.45, 2.75) is 12.8 Å². The number of hydrogen-bond donors (Lipinski definition) is 0. The fraction of sp³-hybridized carbons (Fsp3) is 0.429. The summed E-state index contributed by atoms with van der Waals surface area (Å²) in [6.45, 7) is 0.967. The van der Waals surface area contributed by atoms with E-state index < -0.39 is 0 Å². The van der Waals surface area contributed by atoms with Crippen molar-refractivity contribution >= 4 is 11.7 Å². The lowest BCUT2D eigenvalue weighted by Gasteiger charge is -2.26. The van der Waals surface area contributed by atoms with Crippen molar-refractivity contribution in [2.75, 3.05) is 27.3 Å². The third kappa shape index (κ3) is 3.05. The Balaban J connectivity index is 2.20. The van der Waals surface area contributed by atoms with E-state index in [0.29, 0.717) is 43.0 Å². The Bertz CT molecular complexity index is 466. The zero-order chi connectivity index (χ0) is 13.8. The van der Waals surface area contributed by atoms with E-state index in [0.717, 1.165) is 0 Å². The van der Waals surface area contributed by atoms with Gasteiger partial charge in [-0.25, -0.2) is 0 Å². The maximum Gasteiger partial charge on any atom is 0.254 e. The van der Waals surface area contributed by atoms with Gasteiger partial charge >= 0.3 is 0 Å². The summed E-state index contributed by atoms with van der Waals surface area (Å²) in [6.07, 6.45) is 0.875. The molecule has 0 unspecified atom stereocenters. The molecule has 0 bridgehead atoms. The second-order valence-electron chi connectivity index (χ2n) is 4.43. The minimum atomic E-state index is -0.0929. The standard InChI is InChI=1S/C14H17NO4/c1-18-12-7-10(8-13(9-12)19-2)14(17)15-5-3-11(16)4-6-15/h7-9H,3-6H2,1-2H3. The molecule has 1 aromatic rings. The Morgan fingerprint density at radius 1 is 1.05 bits per heavy atom. The quantitative estimate of drug-likeness (QED) is 0.829. The van der Waals surface area contributed by atoms with Crippen molar-refractivity contribution in [3.8, 4) is 11.5 Å². The minimum absolute atomic E-state index is 0.0929. The Morgan fingerprint density at radius 2 is 1.58 bits per heavy atom. The summed E-state index contributed by atoms with van der Waals surface area (Å²) in [6, 6.07) is 5.08. The predicted octanol–water partition coefficient (Wildman–Crippen LogP) is 1.51. The van der Waals surface area contributed by atoms with Crippen LogP contribution >= 0.6 is 0 Å². The molecule has 0 radical (unpaired) electrons. The maximum absolute atomic E-state index is 12.3. The van der Waals surface area contributed by atoms with E-state index in [1.54, 1.807) is 37.3 Å². The molecule has 0 aliphatic carbocycles. The van der Waals surface area contributed by atoms with Gasteiger partial charge < -0.3 is 14.4 Å². The van der Waals surface area contributed by atoms with Gasteiger partial charge in [0.1, 0.15) is 17.3 Å². The molecule has 5 heteroatoms. The number of ketones is 1. The van der Waals surface area contributed by atoms with Crippen LogP contribution in [0.25, 0.3) is 0 Å². The molecule has 1 aromatic carbocycles. The van der Waals surface area contributed by atoms with Gasteiger partial charge in [-0.1, -0.05) is 0 Å². The van der Waals surface area contributed by atoms with Crippen LogP contribution in [0.2, 0.25) is 0 Å². The first kappa shape index (κ1) is 13.4. The van der Waals surface area contributed by atoms with Gasteiger partial charge in [0.15, 0.2) is 0 Å². The van der Waals surface area contributed by atoms with Gasteiger partial charge in [-0.05, 0) is 12.1 Å². The molecule has 1 amide bonds. The van der Waals surface area contributed by atoms with E-state index in [1.165, 1.54) is 0 Å². The number of nitrogens with zero attached hydrogens (tertiary/aromatic N) is 1. The van der Waals surface area contributed by atoms with Crippen molar-refractivity contribution < 1.29 is 19.1 Å². The number of hydrogen-bond acceptors (Lipinski definition) is 4. The molecule has 1 saturated heterocycles. The van der Waals surface area contributed by atoms with Crippen molar-refractivity contribution in [3.63, 3.8) is 0 Å². The Hall–Kier alpha value is -2.04. The molecular formula is C14H17NO4. The summed E-state index contributed by atoms with van der Waals surface area (Å²) < 4.78 is 10.3. The highest BCUT2D eigenvalue weighted by Gasteiger charge is 2.22. The largest absolute Gasteiger partial charge is 0.497 e. The molecule has 1 aliphatic heterocycles. The highest BCUT2D eigenvalue weighted by molar-refractivity contribution is 5.96. The monoisotopic (exact) mass is 263 g/mol. The molecule has 102 valence electrons. The zero-order valence-corrected chi connectivity index (χ0v) is 11.1. The first-order chi connectivity index (χ1) is 9.13. The maximum atomic E-state index is 12.3. The summed E-state index contributed by atoms with van der Waals surface area (Å²) in [5.41, 5.74) is 0.519. The lowest BCUT2D eigenvalue weighted by Crippen LogP contribution is -2.38. The van der Waals surface area contributed by atoms with Gasteiger partial charge in [-0.15, -0.1) is 0 Å². The number of methoxy groups -OCH3 is 2. The molecule has 0 atom stereocenters. The Morgan fingerprint density at radius 3 is 2.05 bits per heavy atom. The number of likely N-dealkylation sites (tertiary alicyclic amines) is 1. The summed E-state index contributed by atoms with van der Waals surface area (Å²) in [5.74, 6) is 1.28. The van der Waals surface area contributed by atoms with Gasteiger partial charge in [-0.2, -0.15) is 0 Å². The molecule has 2 rings (SSSR count). The van der Waals surface area contributed by atoms with Crippen LogP contribution in [0.4, 0.5) is 0 Å². The molecule has 1 heterocycles. The average molecular weight is 263 g/mol. The minimum Gasteiger partial charge on any atom is -0.497 e. The summed E-state index contributed by atoms with van der Waals surface area (Å²) in [7, 11) is 3.09. The third-order valence-corrected chi connectivity index (χ3v) is 3.21. The normalized spacial score (nSPS) is 15.3. The van der Waals surface area contributed by atoms with Gasteiger partial charge in [0, 0.05) is 37.6 Å². The van der Waals surface area contributed by atoms with Crippen LogP contribution in [0.5, 0.6) is 11.5 Å². The number of carbonyl (C=O) groups is 2. The van der Waals surface area contributed by atoms with Gasteiger partial charge in [0.05, 0.1) is 14.2 Å². The number of benzene rings is 1. The summed E-state index contributed by atoms with van der Waals surface area (Å²) in [4.78, 5) is 25.2. The molecule has 1 aliphatic rings. The first-order valence-electron chi connectivity index (χ1n) is 6.18. The van der Waals surface area contributed by atoms with Gasteiger partial charge in [0.25, 0.3) is 5.91 Å². The molecule has 1 fully saturated rings. The summed E-state index contributed by atoms with van der Waals surface area (Å²) >= 11 is 0. The van der Waals surface area contributed by atoms with Gasteiger partial charge in [0.2, 0.25) is 0 Å². The smallest absolute Gasteiger partial charge is 0.254 e. The number of piperidine rings is 1. The number of Topliss-reactive ketones (excluding diaryl/α,β-unsaturated/α-hetero) is 1. The van der Waals surface area contributed by atoms with E-state index in [4.69, 9.17) is 9.47 Å². The van der Waals surface area contributed by atoms with Crippen LogP contribution in [0, 0.1) is 0 Å². The van der Waals surface area contributed by atoms with Gasteiger partial charge in [-0.3, -0.25) is 9.59 Å². The highest BCUT2D eigenvalue weighted by Crippen LogP contribution is 2.24. The van der Waals surface area contributed by atoms with Crippen LogP contribution in [0.1, 0.15) is 23.2 Å². The van der Waals surface area contributed by atoms with Crippen LogP contribution < -0.4 is 9.47 Å². The third-order valence-electron chi connectivity index (χ3n) is 3.21. The fourth-order valence-corrected chi connectivity index (χ4v) is 2.07. The number of amides is 1. The van der Waals surface area contributed by atoms with Crippen LogP contribution in [-0.2, 0) is 4.79 Å². The first-order valence-corrected chi connectivity index (χ1v) is 6.18. The highest BCUT2D eigenvalue weighted by atomic mass is 16.5. The molecule has 0 N–H and O–H groups in total. The van der Waals surface area contributed by atoms with E-state index in [1.807, 2.05) is 0 Å². The molecule has 19 heavy (non-hydrogen) atoms. The second kappa shape index (κ2) is 5.73. The molecular weight excluding hydrogens is 246 g/mol. The lowest BCUT2D eigenvalue weighted by molar-refractivity contribution is -0.120. The summed E-state index contributed by atoms with van der Waals surface area (Å²) in [5, 5.41) is 0. The molecule has 5 nitrogen and oxygen atoms in total. The van der Waals surface area contributed by atoms with E-state index in [9.17, 15) is 9.59 Å². The van der Waals surface area contributed by atoms with Crippen LogP contribution in [-0.4, -0.2) is 43.9 Å². The lowest BCUT2D eigenvalue weighted by atomic mass is 10.1. The van der Waals surface area contributed by atoms with E-state index >= 15 is 0 Å². The topological polar surface area (TPSA) is 55.8 Å². The van der Waals surface area contributed by atoms with Crippen molar-refractivity contribution in [2.24, 2.45) is 0 Å². The molecule has 0 aromatic heterocycles. The zero-order valence-electron chi connectivity index (χ0n) is 11.1. The van der Waals surface area contributed by atoms with E-state index in [-0.39, 0.29) is 11.7 Å².